The number of hydrogen-bond acceptors (Lipinski definition) is 10. The van der Waals surface area contributed by atoms with Gasteiger partial charge in [0.25, 0.3) is 0 Å². The second kappa shape index (κ2) is 18.3. The molecule has 0 aliphatic carbocycles. The lowest BCUT2D eigenvalue weighted by atomic mass is 10.1. The van der Waals surface area contributed by atoms with Crippen LogP contribution < -0.4 is 18.9 Å². The molecule has 0 spiro atoms. The highest BCUT2D eigenvalue weighted by molar-refractivity contribution is 8.68. The van der Waals surface area contributed by atoms with Crippen molar-refractivity contribution in [3.05, 3.63) is 238 Å². The van der Waals surface area contributed by atoms with E-state index in [-0.39, 0.29) is 0 Å². The Bertz CT molecular complexity index is 4380. The van der Waals surface area contributed by atoms with Crippen molar-refractivity contribution in [3.63, 3.8) is 0 Å². The van der Waals surface area contributed by atoms with Crippen LogP contribution in [-0.2, 0) is 0 Å². The average molecular weight is 1130 g/mol. The summed E-state index contributed by atoms with van der Waals surface area (Å²) in [5.41, 5.74) is 7.97. The van der Waals surface area contributed by atoms with Crippen molar-refractivity contribution in [2.24, 2.45) is 0 Å². The van der Waals surface area contributed by atoms with Gasteiger partial charge in [-0.2, -0.15) is 0 Å². The number of benzene rings is 9. The number of halogens is 4. The predicted molar refractivity (Wildman–Crippen MR) is 327 cm³/mol. The minimum Gasteiger partial charge on any atom is -0.324 e. The summed E-state index contributed by atoms with van der Waals surface area (Å²) in [5.74, 6) is 1.84. The number of anilines is 4. The Hall–Kier alpha value is -8.95. The maximum atomic E-state index is 6.76. The Morgan fingerprint density at radius 3 is 1.00 bits per heavy atom. The molecule has 9 aromatic carbocycles. The van der Waals surface area contributed by atoms with Crippen LogP contribution in [0.5, 0.6) is 0 Å². The normalized spacial score (nSPS) is 12.8. The van der Waals surface area contributed by atoms with Crippen LogP contribution in [0.15, 0.2) is 228 Å². The molecule has 0 atom stereocenters. The summed E-state index contributed by atoms with van der Waals surface area (Å²) in [6, 6.07) is 70.8. The summed E-state index contributed by atoms with van der Waals surface area (Å²) in [6.45, 7) is 0. The number of nitrogens with one attached hydrogen (secondary N) is 6. The molecule has 12 nitrogen and oxygen atoms in total. The SMILES string of the molecule is Clc1ccc(NS(Nc2ccc(Cl)cc2)(Nc2ccc(Cl)cc2)(Nc2ccc(Cl)cc2)(c2ccccc2)c2cccc3c4nc5nc(nc6[nH]c(nc7nc(nc([nH]4)c23)-c2ccccc2-7)c2ccccc62)-c2ccccc2-5)cc1. The molecule has 2 aliphatic rings. The molecule has 2 aliphatic heterocycles. The third kappa shape index (κ3) is 7.91. The van der Waals surface area contributed by atoms with Gasteiger partial charge in [0.05, 0.1) is 4.90 Å². The van der Waals surface area contributed by atoms with Crippen molar-refractivity contribution in [1.82, 2.24) is 39.9 Å². The fourth-order valence-electron chi connectivity index (χ4n) is 10.8. The summed E-state index contributed by atoms with van der Waals surface area (Å²) in [7, 11) is -5.68. The van der Waals surface area contributed by atoms with Crippen LogP contribution in [0.1, 0.15) is 0 Å². The largest absolute Gasteiger partial charge is 0.324 e. The maximum Gasteiger partial charge on any atom is 0.164 e. The fraction of sp³-hybridized carbons (Fsp3) is 0. The van der Waals surface area contributed by atoms with Gasteiger partial charge in [0.1, 0.15) is 22.6 Å². The summed E-state index contributed by atoms with van der Waals surface area (Å²) < 4.78 is 17.2. The standard InChI is InChI=1S/C62H42Cl4N12S/c63-37-21-29-41(30-22-37)75-79(45-11-2-1-3-12-45,76-42-31-23-38(64)24-32-42,77-43-33-25-39(65)26-34-43,78-44-35-27-40(66)28-36-44)53-20-10-19-52-54(53)62-73-60-51-18-9-8-17-50(51)58(71-60)69-56-47-14-5-4-13-46(47)55(67-56)68-57-48-15-6-7-16-49(48)59(70-57)72-61(52)74-62/h1-36,75-78H,(H2,67,68,69,70,71,72,73,74). The first kappa shape index (κ1) is 48.4. The van der Waals surface area contributed by atoms with Gasteiger partial charge in [-0.1, -0.05) is 150 Å². The quantitative estimate of drug-likeness (QED) is 0.0779. The molecule has 12 aromatic rings. The molecular formula is C62H42Cl4N12S. The van der Waals surface area contributed by atoms with E-state index in [0.717, 1.165) is 37.9 Å². The fourth-order valence-corrected chi connectivity index (χ4v) is 17.7. The monoisotopic (exact) mass is 1130 g/mol. The van der Waals surface area contributed by atoms with E-state index in [1.807, 2.05) is 200 Å². The average Bonchev–Trinajstić information content (AvgIpc) is 1.99. The van der Waals surface area contributed by atoms with E-state index in [9.17, 15) is 0 Å². The van der Waals surface area contributed by atoms with Crippen LogP contribution in [0.25, 0.3) is 89.7 Å². The summed E-state index contributed by atoms with van der Waals surface area (Å²) in [6.07, 6.45) is 0. The Morgan fingerprint density at radius 2 is 0.608 bits per heavy atom. The van der Waals surface area contributed by atoms with Crippen molar-refractivity contribution in [2.45, 2.75) is 9.79 Å². The van der Waals surface area contributed by atoms with Gasteiger partial charge in [0, 0.05) is 91.5 Å². The van der Waals surface area contributed by atoms with Crippen LogP contribution in [0.4, 0.5) is 22.7 Å². The van der Waals surface area contributed by atoms with Crippen LogP contribution in [0, 0.1) is 0 Å². The van der Waals surface area contributed by atoms with Gasteiger partial charge in [0.15, 0.2) is 23.3 Å². The molecule has 6 N–H and O–H groups in total. The van der Waals surface area contributed by atoms with E-state index >= 15 is 0 Å². The minimum atomic E-state index is -5.68. The third-order valence-electron chi connectivity index (χ3n) is 14.3. The predicted octanol–water partition coefficient (Wildman–Crippen LogP) is 17.9. The van der Waals surface area contributed by atoms with Crippen molar-refractivity contribution >= 4 is 122 Å². The molecule has 0 saturated heterocycles. The summed E-state index contributed by atoms with van der Waals surface area (Å²) in [5, 5.41) is 5.29. The molecule has 79 heavy (non-hydrogen) atoms. The zero-order valence-electron chi connectivity index (χ0n) is 41.4. The Labute approximate surface area is 471 Å². The van der Waals surface area contributed by atoms with E-state index in [1.54, 1.807) is 0 Å². The number of aromatic amines is 2. The molecule has 14 rings (SSSR count). The number of aromatic nitrogens is 8. The lowest BCUT2D eigenvalue weighted by Crippen LogP contribution is -2.60. The van der Waals surface area contributed by atoms with E-state index in [2.05, 4.69) is 47.1 Å². The van der Waals surface area contributed by atoms with Gasteiger partial charge in [-0.3, -0.25) is 0 Å². The molecule has 3 aromatic heterocycles. The topological polar surface area (TPSA) is 157 Å². The first-order valence-corrected chi connectivity index (χ1v) is 29.0. The number of rotatable bonds is 10. The lowest BCUT2D eigenvalue weighted by molar-refractivity contribution is 1.19. The Kier molecular flexibility index (Phi) is 11.2. The van der Waals surface area contributed by atoms with Gasteiger partial charge >= 0.3 is 0 Å². The maximum absolute atomic E-state index is 6.76. The first-order valence-electron chi connectivity index (χ1n) is 25.1. The van der Waals surface area contributed by atoms with E-state index in [4.69, 9.17) is 76.3 Å². The molecule has 8 bridgehead atoms. The lowest BCUT2D eigenvalue weighted by Gasteiger charge is -2.82. The highest BCUT2D eigenvalue weighted by Crippen LogP contribution is 2.95. The summed E-state index contributed by atoms with van der Waals surface area (Å²) >= 11 is 27.0. The molecule has 0 unspecified atom stereocenters. The van der Waals surface area contributed by atoms with Crippen molar-refractivity contribution < 1.29 is 0 Å². The van der Waals surface area contributed by atoms with Crippen molar-refractivity contribution in [2.75, 3.05) is 18.9 Å². The number of fused-ring (bicyclic) bond motifs is 20. The zero-order chi connectivity index (χ0) is 53.4. The van der Waals surface area contributed by atoms with Crippen LogP contribution >= 0.6 is 55.4 Å². The molecule has 0 fully saturated rings. The smallest absolute Gasteiger partial charge is 0.164 e. The first-order chi connectivity index (χ1) is 38.5. The van der Waals surface area contributed by atoms with Crippen LogP contribution in [0.2, 0.25) is 20.1 Å². The second-order valence-corrected chi connectivity index (χ2v) is 25.7. The van der Waals surface area contributed by atoms with Crippen LogP contribution in [-0.4, -0.2) is 39.9 Å². The van der Waals surface area contributed by atoms with Gasteiger partial charge in [0.2, 0.25) is 0 Å². The van der Waals surface area contributed by atoms with Gasteiger partial charge in [-0.15, -0.1) is 0 Å². The summed E-state index contributed by atoms with van der Waals surface area (Å²) in [4.78, 5) is 40.9. The number of H-pyrrole nitrogens is 2. The molecule has 0 saturated carbocycles. The molecule has 0 amide bonds. The highest BCUT2D eigenvalue weighted by atomic mass is 35.5. The zero-order valence-corrected chi connectivity index (χ0v) is 45.2. The number of hydrogen-bond donors (Lipinski definition) is 6. The molecule has 17 heteroatoms. The molecular weight excluding hydrogens is 1090 g/mol. The van der Waals surface area contributed by atoms with Crippen molar-refractivity contribution in [3.8, 4) is 45.6 Å². The Morgan fingerprint density at radius 1 is 0.291 bits per heavy atom. The third-order valence-corrected chi connectivity index (χ3v) is 21.2. The van der Waals surface area contributed by atoms with E-state index in [1.165, 1.54) is 0 Å². The van der Waals surface area contributed by atoms with Gasteiger partial charge < -0.3 is 28.9 Å². The number of nitrogens with zero attached hydrogens (tertiary/aromatic N) is 6. The second-order valence-electron chi connectivity index (χ2n) is 19.2. The highest BCUT2D eigenvalue weighted by Gasteiger charge is 2.64. The van der Waals surface area contributed by atoms with Gasteiger partial charge in [-0.25, -0.2) is 29.9 Å². The molecule has 0 radical (unpaired) electrons. The van der Waals surface area contributed by atoms with E-state index in [0.29, 0.717) is 104 Å². The van der Waals surface area contributed by atoms with Crippen LogP contribution in [0.3, 0.4) is 0 Å². The van der Waals surface area contributed by atoms with Crippen molar-refractivity contribution in [1.29, 1.82) is 0 Å². The molecule has 5 heterocycles. The minimum absolute atomic E-state index is 0.422. The van der Waals surface area contributed by atoms with E-state index < -0.39 is 9.04 Å². The molecule has 384 valence electrons. The van der Waals surface area contributed by atoms with Gasteiger partial charge in [-0.05, 0) is 124 Å². The Balaban J connectivity index is 1.24.